The van der Waals surface area contributed by atoms with E-state index in [1.165, 1.54) is 11.3 Å². The predicted octanol–water partition coefficient (Wildman–Crippen LogP) is 3.37. The van der Waals surface area contributed by atoms with Gasteiger partial charge in [-0.25, -0.2) is 0 Å². The van der Waals surface area contributed by atoms with Crippen LogP contribution in [0.3, 0.4) is 0 Å². The smallest absolute Gasteiger partial charge is 0.286 e. The van der Waals surface area contributed by atoms with Crippen molar-refractivity contribution >= 4 is 42.4 Å². The second kappa shape index (κ2) is 6.02. The molecule has 0 bridgehead atoms. The third kappa shape index (κ3) is 3.01. The first-order chi connectivity index (χ1) is 9.38. The van der Waals surface area contributed by atoms with Crippen LogP contribution < -0.4 is 4.90 Å². The van der Waals surface area contributed by atoms with Crippen molar-refractivity contribution in [1.29, 1.82) is 5.26 Å². The SMILES string of the molecule is CCC1CCCC(S(=O)(=O)O)N1c1cc(Br)c(C#N)s1. The molecule has 2 atom stereocenters. The number of nitriles is 1. The standard InChI is InChI=1S/C12H15BrN2O3S2/c1-2-8-4-3-5-12(20(16,17)18)15(8)11-6-9(13)10(7-14)19-11/h6,8,12H,2-5H2,1H3,(H,16,17,18). The third-order valence-electron chi connectivity index (χ3n) is 3.54. The molecule has 1 aliphatic rings. The van der Waals surface area contributed by atoms with Crippen molar-refractivity contribution in [2.45, 2.75) is 44.0 Å². The lowest BCUT2D eigenvalue weighted by atomic mass is 10.0. The minimum Gasteiger partial charge on any atom is -0.342 e. The fraction of sp³-hybridized carbons (Fsp3) is 0.583. The first kappa shape index (κ1) is 15.8. The van der Waals surface area contributed by atoms with Gasteiger partial charge in [0.1, 0.15) is 10.9 Å². The van der Waals surface area contributed by atoms with Crippen LogP contribution in [0.25, 0.3) is 0 Å². The molecule has 1 saturated heterocycles. The van der Waals surface area contributed by atoms with Gasteiger partial charge in [-0.15, -0.1) is 11.3 Å². The van der Waals surface area contributed by atoms with Gasteiger partial charge < -0.3 is 4.90 Å². The van der Waals surface area contributed by atoms with Gasteiger partial charge in [0.05, 0.1) is 5.00 Å². The van der Waals surface area contributed by atoms with Gasteiger partial charge in [0.2, 0.25) is 0 Å². The molecule has 5 nitrogen and oxygen atoms in total. The van der Waals surface area contributed by atoms with E-state index < -0.39 is 15.5 Å². The zero-order valence-corrected chi connectivity index (χ0v) is 14.1. The molecular weight excluding hydrogens is 364 g/mol. The van der Waals surface area contributed by atoms with Gasteiger partial charge >= 0.3 is 0 Å². The van der Waals surface area contributed by atoms with Gasteiger partial charge in [-0.2, -0.15) is 13.7 Å². The monoisotopic (exact) mass is 378 g/mol. The molecule has 8 heteroatoms. The molecule has 1 N–H and O–H groups in total. The Bertz CT molecular complexity index is 636. The molecule has 110 valence electrons. The van der Waals surface area contributed by atoms with Crippen LogP contribution in [0.15, 0.2) is 10.5 Å². The van der Waals surface area contributed by atoms with Crippen molar-refractivity contribution in [3.63, 3.8) is 0 Å². The summed E-state index contributed by atoms with van der Waals surface area (Å²) in [6.45, 7) is 2.00. The lowest BCUT2D eigenvalue weighted by Gasteiger charge is -2.40. The maximum atomic E-state index is 11.6. The fourth-order valence-corrected chi connectivity index (χ4v) is 5.39. The lowest BCUT2D eigenvalue weighted by Crippen LogP contribution is -2.50. The summed E-state index contributed by atoms with van der Waals surface area (Å²) >= 11 is 4.55. The zero-order chi connectivity index (χ0) is 14.9. The number of hydrogen-bond acceptors (Lipinski definition) is 5. The molecule has 2 unspecified atom stereocenters. The Balaban J connectivity index is 2.47. The van der Waals surface area contributed by atoms with Crippen molar-refractivity contribution in [2.75, 3.05) is 4.90 Å². The van der Waals surface area contributed by atoms with Crippen molar-refractivity contribution in [1.82, 2.24) is 0 Å². The normalized spacial score (nSPS) is 23.6. The van der Waals surface area contributed by atoms with Crippen LogP contribution in [0.5, 0.6) is 0 Å². The first-order valence-corrected chi connectivity index (χ1v) is 9.43. The minimum absolute atomic E-state index is 0.0627. The highest BCUT2D eigenvalue weighted by Crippen LogP contribution is 2.40. The number of rotatable bonds is 3. The number of hydrogen-bond donors (Lipinski definition) is 1. The van der Waals surface area contributed by atoms with Crippen molar-refractivity contribution in [3.8, 4) is 6.07 Å². The maximum Gasteiger partial charge on any atom is 0.286 e. The highest BCUT2D eigenvalue weighted by Gasteiger charge is 2.38. The quantitative estimate of drug-likeness (QED) is 0.815. The van der Waals surface area contributed by atoms with Crippen LogP contribution in [0.1, 0.15) is 37.5 Å². The molecule has 0 aliphatic carbocycles. The van der Waals surface area contributed by atoms with Gasteiger partial charge in [-0.05, 0) is 47.7 Å². The van der Waals surface area contributed by atoms with Crippen LogP contribution >= 0.6 is 27.3 Å². The van der Waals surface area contributed by atoms with Crippen LogP contribution in [-0.2, 0) is 10.1 Å². The molecule has 0 saturated carbocycles. The summed E-state index contributed by atoms with van der Waals surface area (Å²) in [6, 6.07) is 3.90. The van der Waals surface area contributed by atoms with E-state index in [4.69, 9.17) is 5.26 Å². The predicted molar refractivity (Wildman–Crippen MR) is 82.5 cm³/mol. The topological polar surface area (TPSA) is 81.4 Å². The molecule has 0 spiro atoms. The summed E-state index contributed by atoms with van der Waals surface area (Å²) in [5.74, 6) is 0. The second-order valence-corrected chi connectivity index (χ2v) is 8.20. The summed E-state index contributed by atoms with van der Waals surface area (Å²) < 4.78 is 33.4. The Labute approximate surface area is 131 Å². The second-order valence-electron chi connectivity index (χ2n) is 4.74. The number of thiophene rings is 1. The van der Waals surface area contributed by atoms with Crippen molar-refractivity contribution in [2.24, 2.45) is 0 Å². The van der Waals surface area contributed by atoms with E-state index in [2.05, 4.69) is 22.0 Å². The first-order valence-electron chi connectivity index (χ1n) is 6.32. The molecule has 1 fully saturated rings. The van der Waals surface area contributed by atoms with Crippen LogP contribution in [0.2, 0.25) is 0 Å². The molecular formula is C12H15BrN2O3S2. The molecule has 1 aromatic rings. The number of anilines is 1. The van der Waals surface area contributed by atoms with E-state index in [1.54, 1.807) is 11.0 Å². The Morgan fingerprint density at radius 1 is 1.60 bits per heavy atom. The molecule has 0 aromatic carbocycles. The average Bonchev–Trinajstić information content (AvgIpc) is 2.77. The summed E-state index contributed by atoms with van der Waals surface area (Å²) in [4.78, 5) is 2.27. The maximum absolute atomic E-state index is 11.6. The Morgan fingerprint density at radius 3 is 2.80 bits per heavy atom. The highest BCUT2D eigenvalue weighted by molar-refractivity contribution is 9.10. The van der Waals surface area contributed by atoms with Crippen LogP contribution in [0, 0.1) is 11.3 Å². The molecule has 1 aliphatic heterocycles. The van der Waals surface area contributed by atoms with E-state index in [9.17, 15) is 13.0 Å². The van der Waals surface area contributed by atoms with Gasteiger partial charge in [0.15, 0.2) is 5.37 Å². The molecule has 0 radical (unpaired) electrons. The molecule has 2 heterocycles. The summed E-state index contributed by atoms with van der Waals surface area (Å²) in [5.41, 5.74) is 0. The number of nitrogens with zero attached hydrogens (tertiary/aromatic N) is 2. The zero-order valence-electron chi connectivity index (χ0n) is 10.9. The van der Waals surface area contributed by atoms with Crippen LogP contribution in [-0.4, -0.2) is 24.4 Å². The summed E-state index contributed by atoms with van der Waals surface area (Å²) in [7, 11) is -4.14. The molecule has 1 aromatic heterocycles. The van der Waals surface area contributed by atoms with E-state index in [0.717, 1.165) is 19.3 Å². The van der Waals surface area contributed by atoms with Gasteiger partial charge in [-0.1, -0.05) is 6.92 Å². The van der Waals surface area contributed by atoms with Crippen LogP contribution in [0.4, 0.5) is 5.00 Å². The van der Waals surface area contributed by atoms with Gasteiger partial charge in [0, 0.05) is 10.5 Å². The van der Waals surface area contributed by atoms with Crippen molar-refractivity contribution < 1.29 is 13.0 Å². The molecule has 20 heavy (non-hydrogen) atoms. The van der Waals surface area contributed by atoms with Crippen molar-refractivity contribution in [3.05, 3.63) is 15.4 Å². The summed E-state index contributed by atoms with van der Waals surface area (Å²) in [6.07, 6.45) is 2.87. The van der Waals surface area contributed by atoms with Gasteiger partial charge in [0.25, 0.3) is 10.1 Å². The Morgan fingerprint density at radius 2 is 2.30 bits per heavy atom. The average molecular weight is 379 g/mol. The Hall–Kier alpha value is -0.620. The minimum atomic E-state index is -4.14. The fourth-order valence-electron chi connectivity index (χ4n) is 2.62. The van der Waals surface area contributed by atoms with Gasteiger partial charge in [-0.3, -0.25) is 4.55 Å². The molecule has 0 amide bonds. The highest BCUT2D eigenvalue weighted by atomic mass is 79.9. The summed E-state index contributed by atoms with van der Waals surface area (Å²) in [5, 5.41) is 8.82. The third-order valence-corrected chi connectivity index (χ3v) is 6.63. The lowest BCUT2D eigenvalue weighted by molar-refractivity contribution is 0.391. The number of halogens is 1. The largest absolute Gasteiger partial charge is 0.342 e. The van der Waals surface area contributed by atoms with E-state index in [1.807, 2.05) is 6.92 Å². The molecule has 2 rings (SSSR count). The van der Waals surface area contributed by atoms with E-state index >= 15 is 0 Å². The van der Waals surface area contributed by atoms with E-state index in [-0.39, 0.29) is 6.04 Å². The Kier molecular flexibility index (Phi) is 4.74. The van der Waals surface area contributed by atoms with E-state index in [0.29, 0.717) is 20.8 Å². The number of piperidine rings is 1.